The molecular formula is C11H13N3O. The van der Waals surface area contributed by atoms with E-state index >= 15 is 0 Å². The molecule has 2 N–H and O–H groups in total. The van der Waals surface area contributed by atoms with Crippen LogP contribution in [0.25, 0.3) is 5.52 Å². The van der Waals surface area contributed by atoms with Gasteiger partial charge >= 0.3 is 0 Å². The maximum atomic E-state index is 11.2. The first-order valence-corrected chi connectivity index (χ1v) is 4.77. The number of fused-ring (bicyclic) bond motifs is 1. The molecule has 0 aliphatic heterocycles. The normalized spacial score (nSPS) is 10.9. The molecule has 0 spiro atoms. The Kier molecular flexibility index (Phi) is 2.00. The molecule has 1 amide bonds. The maximum absolute atomic E-state index is 11.2. The molecule has 78 valence electrons. The number of nitrogens with two attached hydrogens (primary N) is 1. The van der Waals surface area contributed by atoms with Gasteiger partial charge in [-0.25, -0.2) is 4.52 Å². The van der Waals surface area contributed by atoms with Gasteiger partial charge in [-0.05, 0) is 38.0 Å². The Labute approximate surface area is 87.7 Å². The lowest BCUT2D eigenvalue weighted by Gasteiger charge is -2.03. The van der Waals surface area contributed by atoms with E-state index in [0.29, 0.717) is 5.69 Å². The van der Waals surface area contributed by atoms with E-state index < -0.39 is 5.91 Å². The molecular weight excluding hydrogens is 190 g/mol. The summed E-state index contributed by atoms with van der Waals surface area (Å²) >= 11 is 0. The molecule has 0 aliphatic carbocycles. The number of carbonyl (C=O) groups is 1. The van der Waals surface area contributed by atoms with E-state index in [4.69, 9.17) is 5.73 Å². The molecule has 0 aromatic carbocycles. The number of aromatic nitrogens is 2. The van der Waals surface area contributed by atoms with Gasteiger partial charge in [0.15, 0.2) is 0 Å². The fourth-order valence-corrected chi connectivity index (χ4v) is 1.78. The molecule has 2 aromatic rings. The standard InChI is InChI=1S/C11H13N3O/c1-6-4-5-9(11(12)15)14-10(6)7(2)8(3)13-14/h4-5H,1-3H3,(H2,12,15). The molecule has 4 heteroatoms. The van der Waals surface area contributed by atoms with Crippen molar-refractivity contribution in [2.24, 2.45) is 5.73 Å². The third-order valence-corrected chi connectivity index (χ3v) is 2.71. The number of hydrogen-bond acceptors (Lipinski definition) is 2. The first kappa shape index (κ1) is 9.71. The summed E-state index contributed by atoms with van der Waals surface area (Å²) in [5.74, 6) is -0.456. The van der Waals surface area contributed by atoms with Gasteiger partial charge in [-0.2, -0.15) is 5.10 Å². The van der Waals surface area contributed by atoms with Crippen LogP contribution in [-0.4, -0.2) is 15.5 Å². The molecule has 0 radical (unpaired) electrons. The summed E-state index contributed by atoms with van der Waals surface area (Å²) < 4.78 is 1.63. The second kappa shape index (κ2) is 3.08. The summed E-state index contributed by atoms with van der Waals surface area (Å²) in [5.41, 5.74) is 9.80. The number of hydrogen-bond donors (Lipinski definition) is 1. The number of nitrogens with zero attached hydrogens (tertiary/aromatic N) is 2. The fraction of sp³-hybridized carbons (Fsp3) is 0.273. The molecule has 15 heavy (non-hydrogen) atoms. The Hall–Kier alpha value is -1.84. The Balaban J connectivity index is 2.95. The van der Waals surface area contributed by atoms with Gasteiger partial charge in [0.25, 0.3) is 5.91 Å². The minimum Gasteiger partial charge on any atom is -0.364 e. The van der Waals surface area contributed by atoms with Gasteiger partial charge in [0.1, 0.15) is 5.69 Å². The summed E-state index contributed by atoms with van der Waals surface area (Å²) in [6.07, 6.45) is 0. The van der Waals surface area contributed by atoms with Crippen molar-refractivity contribution >= 4 is 11.4 Å². The van der Waals surface area contributed by atoms with E-state index in [0.717, 1.165) is 22.3 Å². The van der Waals surface area contributed by atoms with Crippen molar-refractivity contribution in [2.75, 3.05) is 0 Å². The van der Waals surface area contributed by atoms with Crippen LogP contribution >= 0.6 is 0 Å². The highest BCUT2D eigenvalue weighted by atomic mass is 16.1. The smallest absolute Gasteiger partial charge is 0.267 e. The van der Waals surface area contributed by atoms with Crippen LogP contribution in [0.3, 0.4) is 0 Å². The SMILES string of the molecule is Cc1nn2c(C(N)=O)ccc(C)c2c1C. The number of pyridine rings is 1. The van der Waals surface area contributed by atoms with Crippen molar-refractivity contribution in [1.29, 1.82) is 0 Å². The average molecular weight is 203 g/mol. The Bertz CT molecular complexity index is 554. The zero-order chi connectivity index (χ0) is 11.2. The van der Waals surface area contributed by atoms with E-state index in [1.807, 2.05) is 26.8 Å². The maximum Gasteiger partial charge on any atom is 0.267 e. The van der Waals surface area contributed by atoms with Crippen molar-refractivity contribution in [3.63, 3.8) is 0 Å². The third-order valence-electron chi connectivity index (χ3n) is 2.71. The minimum atomic E-state index is -0.456. The number of rotatable bonds is 1. The summed E-state index contributed by atoms with van der Waals surface area (Å²) in [5, 5.41) is 4.31. The van der Waals surface area contributed by atoms with Crippen LogP contribution in [0, 0.1) is 20.8 Å². The van der Waals surface area contributed by atoms with Gasteiger partial charge in [-0.15, -0.1) is 0 Å². The van der Waals surface area contributed by atoms with Gasteiger partial charge in [0, 0.05) is 0 Å². The Morgan fingerprint density at radius 1 is 1.33 bits per heavy atom. The van der Waals surface area contributed by atoms with Crippen LogP contribution in [0.1, 0.15) is 27.3 Å². The largest absolute Gasteiger partial charge is 0.364 e. The third kappa shape index (κ3) is 1.29. The van der Waals surface area contributed by atoms with Gasteiger partial charge in [-0.1, -0.05) is 6.07 Å². The predicted octanol–water partition coefficient (Wildman–Crippen LogP) is 1.36. The summed E-state index contributed by atoms with van der Waals surface area (Å²) in [6, 6.07) is 3.60. The van der Waals surface area contributed by atoms with E-state index in [9.17, 15) is 4.79 Å². The monoisotopic (exact) mass is 203 g/mol. The van der Waals surface area contributed by atoms with E-state index in [2.05, 4.69) is 5.10 Å². The zero-order valence-electron chi connectivity index (χ0n) is 9.03. The number of primary amides is 1. The average Bonchev–Trinajstić information content (AvgIpc) is 2.44. The first-order valence-electron chi connectivity index (χ1n) is 4.77. The molecule has 0 atom stereocenters. The topological polar surface area (TPSA) is 60.4 Å². The number of carbonyl (C=O) groups excluding carboxylic acids is 1. The molecule has 2 aromatic heterocycles. The fourth-order valence-electron chi connectivity index (χ4n) is 1.78. The van der Waals surface area contributed by atoms with Gasteiger partial charge in [-0.3, -0.25) is 4.79 Å². The van der Waals surface area contributed by atoms with Crippen LogP contribution in [0.15, 0.2) is 12.1 Å². The molecule has 0 fully saturated rings. The first-order chi connectivity index (χ1) is 7.02. The summed E-state index contributed by atoms with van der Waals surface area (Å²) in [4.78, 5) is 11.2. The van der Waals surface area contributed by atoms with Crippen molar-refractivity contribution in [3.05, 3.63) is 34.6 Å². The Morgan fingerprint density at radius 3 is 2.60 bits per heavy atom. The van der Waals surface area contributed by atoms with Crippen LogP contribution < -0.4 is 5.73 Å². The molecule has 2 heterocycles. The van der Waals surface area contributed by atoms with E-state index in [1.54, 1.807) is 10.6 Å². The van der Waals surface area contributed by atoms with Gasteiger partial charge in [0.05, 0.1) is 11.2 Å². The highest BCUT2D eigenvalue weighted by molar-refractivity contribution is 5.92. The quantitative estimate of drug-likeness (QED) is 0.760. The van der Waals surface area contributed by atoms with Crippen molar-refractivity contribution < 1.29 is 4.79 Å². The lowest BCUT2D eigenvalue weighted by Crippen LogP contribution is -2.16. The Morgan fingerprint density at radius 2 is 2.00 bits per heavy atom. The lowest BCUT2D eigenvalue weighted by molar-refractivity contribution is 0.0993. The molecule has 0 saturated carbocycles. The highest BCUT2D eigenvalue weighted by Gasteiger charge is 2.13. The molecule has 2 rings (SSSR count). The lowest BCUT2D eigenvalue weighted by atomic mass is 10.1. The van der Waals surface area contributed by atoms with Crippen LogP contribution in [-0.2, 0) is 0 Å². The van der Waals surface area contributed by atoms with E-state index in [-0.39, 0.29) is 0 Å². The summed E-state index contributed by atoms with van der Waals surface area (Å²) in [7, 11) is 0. The number of amides is 1. The number of aryl methyl sites for hydroxylation is 3. The van der Waals surface area contributed by atoms with Gasteiger partial charge < -0.3 is 5.73 Å². The van der Waals surface area contributed by atoms with Crippen molar-refractivity contribution in [3.8, 4) is 0 Å². The highest BCUT2D eigenvalue weighted by Crippen LogP contribution is 2.19. The van der Waals surface area contributed by atoms with Crippen LogP contribution in [0.5, 0.6) is 0 Å². The van der Waals surface area contributed by atoms with Crippen molar-refractivity contribution in [2.45, 2.75) is 20.8 Å². The van der Waals surface area contributed by atoms with Gasteiger partial charge in [0.2, 0.25) is 0 Å². The molecule has 4 nitrogen and oxygen atoms in total. The molecule has 0 bridgehead atoms. The van der Waals surface area contributed by atoms with Crippen LogP contribution in [0.4, 0.5) is 0 Å². The van der Waals surface area contributed by atoms with Crippen molar-refractivity contribution in [1.82, 2.24) is 9.61 Å². The van der Waals surface area contributed by atoms with Crippen LogP contribution in [0.2, 0.25) is 0 Å². The summed E-state index contributed by atoms with van der Waals surface area (Å²) in [6.45, 7) is 5.91. The second-order valence-corrected chi connectivity index (χ2v) is 3.74. The molecule has 0 saturated heterocycles. The minimum absolute atomic E-state index is 0.423. The zero-order valence-corrected chi connectivity index (χ0v) is 9.03. The van der Waals surface area contributed by atoms with E-state index in [1.165, 1.54) is 0 Å². The molecule has 0 unspecified atom stereocenters. The second-order valence-electron chi connectivity index (χ2n) is 3.74. The predicted molar refractivity (Wildman–Crippen MR) is 57.9 cm³/mol. The molecule has 0 aliphatic rings.